The molecule has 0 aliphatic rings. The van der Waals surface area contributed by atoms with E-state index in [1.807, 2.05) is 0 Å². The summed E-state index contributed by atoms with van der Waals surface area (Å²) in [4.78, 5) is 12.2. The summed E-state index contributed by atoms with van der Waals surface area (Å²) in [6.45, 7) is 4.36. The fourth-order valence-electron chi connectivity index (χ4n) is 2.29. The summed E-state index contributed by atoms with van der Waals surface area (Å²) >= 11 is 5.80. The zero-order valence-electron chi connectivity index (χ0n) is 14.9. The zero-order valence-corrected chi connectivity index (χ0v) is 16.5. The van der Waals surface area contributed by atoms with E-state index in [2.05, 4.69) is 11.9 Å². The summed E-state index contributed by atoms with van der Waals surface area (Å²) in [5.41, 5.74) is 0.900. The molecule has 144 valence electrons. The Morgan fingerprint density at radius 2 is 1.81 bits per heavy atom. The average Bonchev–Trinajstić information content (AvgIpc) is 2.64. The maximum Gasteiger partial charge on any atom is 0.251 e. The molecule has 0 radical (unpaired) electrons. The standard InChI is InChI=1S/C19H21ClN2O4S/c1-3-13-22(27(2,24)25)17-8-4-15(5-9-17)19(23)21-12-14-26-18-10-6-16(20)7-11-18/h3-11H,1,12-14H2,2H3,(H,21,23). The van der Waals surface area contributed by atoms with Crippen LogP contribution >= 0.6 is 11.6 Å². The smallest absolute Gasteiger partial charge is 0.251 e. The molecule has 0 heterocycles. The van der Waals surface area contributed by atoms with Gasteiger partial charge in [-0.1, -0.05) is 17.7 Å². The zero-order chi connectivity index (χ0) is 19.9. The molecule has 2 aromatic rings. The minimum atomic E-state index is -3.42. The molecule has 0 saturated carbocycles. The van der Waals surface area contributed by atoms with Gasteiger partial charge in [0, 0.05) is 10.6 Å². The first-order chi connectivity index (χ1) is 12.8. The molecular weight excluding hydrogens is 388 g/mol. The molecule has 6 nitrogen and oxygen atoms in total. The lowest BCUT2D eigenvalue weighted by molar-refractivity contribution is 0.0947. The maximum atomic E-state index is 12.2. The molecule has 0 aromatic heterocycles. The quantitative estimate of drug-likeness (QED) is 0.511. The summed E-state index contributed by atoms with van der Waals surface area (Å²) in [5, 5.41) is 3.37. The second-order valence-electron chi connectivity index (χ2n) is 5.69. The van der Waals surface area contributed by atoms with Crippen molar-refractivity contribution in [1.29, 1.82) is 0 Å². The average molecular weight is 409 g/mol. The highest BCUT2D eigenvalue weighted by atomic mass is 35.5. The molecule has 0 bridgehead atoms. The predicted octanol–water partition coefficient (Wildman–Crippen LogP) is 3.10. The van der Waals surface area contributed by atoms with Crippen LogP contribution < -0.4 is 14.4 Å². The first kappa shape index (κ1) is 20.8. The molecule has 0 aliphatic heterocycles. The molecule has 8 heteroatoms. The van der Waals surface area contributed by atoms with Crippen LogP contribution in [-0.4, -0.2) is 40.3 Å². The third-order valence-corrected chi connectivity index (χ3v) is 5.00. The van der Waals surface area contributed by atoms with Gasteiger partial charge in [0.25, 0.3) is 5.91 Å². The summed E-state index contributed by atoms with van der Waals surface area (Å²) in [5.74, 6) is 0.400. The van der Waals surface area contributed by atoms with E-state index in [4.69, 9.17) is 16.3 Å². The Bertz CT molecular complexity index is 881. The molecule has 0 aliphatic carbocycles. The van der Waals surface area contributed by atoms with Crippen molar-refractivity contribution < 1.29 is 17.9 Å². The van der Waals surface area contributed by atoms with Crippen molar-refractivity contribution in [3.63, 3.8) is 0 Å². The third-order valence-electron chi connectivity index (χ3n) is 3.58. The van der Waals surface area contributed by atoms with Crippen molar-refractivity contribution in [2.75, 3.05) is 30.3 Å². The minimum absolute atomic E-state index is 0.159. The van der Waals surface area contributed by atoms with E-state index >= 15 is 0 Å². The normalized spacial score (nSPS) is 10.9. The molecule has 2 aromatic carbocycles. The van der Waals surface area contributed by atoms with Gasteiger partial charge in [-0.15, -0.1) is 6.58 Å². The minimum Gasteiger partial charge on any atom is -0.492 e. The molecule has 1 N–H and O–H groups in total. The lowest BCUT2D eigenvalue weighted by Gasteiger charge is -2.20. The van der Waals surface area contributed by atoms with Crippen LogP contribution in [-0.2, 0) is 10.0 Å². The van der Waals surface area contributed by atoms with E-state index in [1.165, 1.54) is 10.4 Å². The van der Waals surface area contributed by atoms with Gasteiger partial charge in [-0.25, -0.2) is 8.42 Å². The number of hydrogen-bond donors (Lipinski definition) is 1. The Morgan fingerprint density at radius 3 is 2.37 bits per heavy atom. The number of carbonyl (C=O) groups is 1. The molecule has 27 heavy (non-hydrogen) atoms. The third kappa shape index (κ3) is 6.30. The van der Waals surface area contributed by atoms with Gasteiger partial charge < -0.3 is 10.1 Å². The van der Waals surface area contributed by atoms with Gasteiger partial charge in [0.05, 0.1) is 25.0 Å². The van der Waals surface area contributed by atoms with Crippen LogP contribution in [0.1, 0.15) is 10.4 Å². The number of anilines is 1. The van der Waals surface area contributed by atoms with Crippen molar-refractivity contribution in [1.82, 2.24) is 5.32 Å². The Hall–Kier alpha value is -2.51. The van der Waals surface area contributed by atoms with Gasteiger partial charge >= 0.3 is 0 Å². The van der Waals surface area contributed by atoms with Crippen molar-refractivity contribution in [3.05, 3.63) is 71.8 Å². The number of rotatable bonds is 9. The maximum absolute atomic E-state index is 12.2. The number of halogens is 1. The van der Waals surface area contributed by atoms with Crippen LogP contribution in [0.15, 0.2) is 61.2 Å². The topological polar surface area (TPSA) is 75.7 Å². The van der Waals surface area contributed by atoms with Gasteiger partial charge in [0.15, 0.2) is 0 Å². The number of amides is 1. The van der Waals surface area contributed by atoms with Crippen molar-refractivity contribution in [2.45, 2.75) is 0 Å². The summed E-state index contributed by atoms with van der Waals surface area (Å²) in [6, 6.07) is 13.3. The van der Waals surface area contributed by atoms with Gasteiger partial charge in [0.1, 0.15) is 12.4 Å². The van der Waals surface area contributed by atoms with E-state index in [0.717, 1.165) is 6.26 Å². The molecule has 2 rings (SSSR count). The molecule has 0 atom stereocenters. The van der Waals surface area contributed by atoms with E-state index in [9.17, 15) is 13.2 Å². The largest absolute Gasteiger partial charge is 0.492 e. The molecule has 0 saturated heterocycles. The number of nitrogens with one attached hydrogen (secondary N) is 1. The van der Waals surface area contributed by atoms with Crippen LogP contribution in [0.2, 0.25) is 5.02 Å². The summed E-state index contributed by atoms with van der Waals surface area (Å²) in [6.07, 6.45) is 2.63. The Morgan fingerprint density at radius 1 is 1.19 bits per heavy atom. The van der Waals surface area contributed by atoms with E-state index in [0.29, 0.717) is 35.2 Å². The fourth-order valence-corrected chi connectivity index (χ4v) is 3.30. The molecule has 0 fully saturated rings. The lowest BCUT2D eigenvalue weighted by Crippen LogP contribution is -2.30. The summed E-state index contributed by atoms with van der Waals surface area (Å²) < 4.78 is 30.4. The molecule has 1 amide bonds. The van der Waals surface area contributed by atoms with Gasteiger partial charge in [-0.2, -0.15) is 0 Å². The highest BCUT2D eigenvalue weighted by molar-refractivity contribution is 7.92. The number of ether oxygens (including phenoxy) is 1. The van der Waals surface area contributed by atoms with Crippen molar-refractivity contribution in [2.24, 2.45) is 0 Å². The second-order valence-corrected chi connectivity index (χ2v) is 8.03. The predicted molar refractivity (Wildman–Crippen MR) is 108 cm³/mol. The van der Waals surface area contributed by atoms with E-state index in [1.54, 1.807) is 48.5 Å². The highest BCUT2D eigenvalue weighted by Gasteiger charge is 2.16. The number of benzene rings is 2. The van der Waals surface area contributed by atoms with Gasteiger partial charge in [-0.05, 0) is 48.5 Å². The Kier molecular flexibility index (Phi) is 7.27. The first-order valence-electron chi connectivity index (χ1n) is 8.16. The van der Waals surface area contributed by atoms with Crippen LogP contribution in [0.4, 0.5) is 5.69 Å². The lowest BCUT2D eigenvalue weighted by atomic mass is 10.2. The fraction of sp³-hybridized carbons (Fsp3) is 0.211. The highest BCUT2D eigenvalue weighted by Crippen LogP contribution is 2.18. The SMILES string of the molecule is C=CCN(c1ccc(C(=O)NCCOc2ccc(Cl)cc2)cc1)S(C)(=O)=O. The van der Waals surface area contributed by atoms with E-state index in [-0.39, 0.29) is 12.5 Å². The second kappa shape index (κ2) is 9.43. The van der Waals surface area contributed by atoms with Crippen LogP contribution in [0.25, 0.3) is 0 Å². The first-order valence-corrected chi connectivity index (χ1v) is 10.4. The van der Waals surface area contributed by atoms with Crippen LogP contribution in [0.3, 0.4) is 0 Å². The van der Waals surface area contributed by atoms with Gasteiger partial charge in [-0.3, -0.25) is 9.10 Å². The monoisotopic (exact) mass is 408 g/mol. The van der Waals surface area contributed by atoms with Crippen LogP contribution in [0, 0.1) is 0 Å². The van der Waals surface area contributed by atoms with Gasteiger partial charge in [0.2, 0.25) is 10.0 Å². The molecule has 0 unspecified atom stereocenters. The molecule has 0 spiro atoms. The van der Waals surface area contributed by atoms with Crippen LogP contribution in [0.5, 0.6) is 5.75 Å². The Balaban J connectivity index is 1.89. The van der Waals surface area contributed by atoms with E-state index < -0.39 is 10.0 Å². The number of hydrogen-bond acceptors (Lipinski definition) is 4. The summed E-state index contributed by atoms with van der Waals surface area (Å²) in [7, 11) is -3.42. The number of carbonyl (C=O) groups excluding carboxylic acids is 1. The Labute approximate surface area is 164 Å². The van der Waals surface area contributed by atoms with Crippen molar-refractivity contribution >= 4 is 33.2 Å². The number of sulfonamides is 1. The molecular formula is C19H21ClN2O4S. The number of nitrogens with zero attached hydrogens (tertiary/aromatic N) is 1. The van der Waals surface area contributed by atoms with Crippen molar-refractivity contribution in [3.8, 4) is 5.75 Å².